The zero-order valence-corrected chi connectivity index (χ0v) is 28.4. The number of hydrogen-bond acceptors (Lipinski definition) is 8. The van der Waals surface area contributed by atoms with Gasteiger partial charge in [0.15, 0.2) is 16.6 Å². The third-order valence-electron chi connectivity index (χ3n) is 7.83. The average molecular weight is 576 g/mol. The largest absolute Gasteiger partial charge is 0.462 e. The summed E-state index contributed by atoms with van der Waals surface area (Å²) in [7, 11) is -4.66. The van der Waals surface area contributed by atoms with Gasteiger partial charge >= 0.3 is 18.0 Å². The molecule has 1 N–H and O–H groups in total. The molecule has 0 aromatic heterocycles. The van der Waals surface area contributed by atoms with E-state index in [1.165, 1.54) is 13.8 Å². The molecule has 1 amide bonds. The topological polar surface area (TPSA) is 109 Å². The van der Waals surface area contributed by atoms with Crippen LogP contribution in [-0.2, 0) is 32.7 Å². The Labute approximate surface area is 232 Å². The van der Waals surface area contributed by atoms with Gasteiger partial charge in [0.25, 0.3) is 0 Å². The quantitative estimate of drug-likeness (QED) is 0.209. The number of rotatable bonds is 9. The molecule has 0 saturated heterocycles. The van der Waals surface area contributed by atoms with Crippen LogP contribution >= 0.6 is 0 Å². The summed E-state index contributed by atoms with van der Waals surface area (Å²) in [4.78, 5) is 36.8. The lowest BCUT2D eigenvalue weighted by Gasteiger charge is -2.58. The van der Waals surface area contributed by atoms with E-state index in [0.717, 1.165) is 0 Å². The number of nitrogens with one attached hydrogen (secondary N) is 1. The molecule has 0 bridgehead atoms. The van der Waals surface area contributed by atoms with E-state index in [1.54, 1.807) is 20.8 Å². The van der Waals surface area contributed by atoms with Crippen LogP contribution in [0.25, 0.3) is 0 Å². The first-order valence-corrected chi connectivity index (χ1v) is 19.3. The van der Waals surface area contributed by atoms with Gasteiger partial charge in [0, 0.05) is 19.8 Å². The predicted octanol–water partition coefficient (Wildman–Crippen LogP) is 5.79. The van der Waals surface area contributed by atoms with Crippen LogP contribution in [0.1, 0.15) is 76.2 Å². The molecular formula is C27H53NO8Si2. The molecule has 5 atom stereocenters. The van der Waals surface area contributed by atoms with Gasteiger partial charge < -0.3 is 28.4 Å². The first-order valence-electron chi connectivity index (χ1n) is 13.4. The number of carbonyl (C=O) groups excluding carboxylic acids is 3. The van der Waals surface area contributed by atoms with Gasteiger partial charge in [-0.25, -0.2) is 4.79 Å². The summed E-state index contributed by atoms with van der Waals surface area (Å²) in [5.74, 6) is -1.53. The van der Waals surface area contributed by atoms with Crippen molar-refractivity contribution in [1.82, 2.24) is 5.32 Å². The van der Waals surface area contributed by atoms with Crippen LogP contribution in [0.3, 0.4) is 0 Å². The maximum atomic E-state index is 13.0. The van der Waals surface area contributed by atoms with Crippen molar-refractivity contribution in [2.45, 2.75) is 142 Å². The van der Waals surface area contributed by atoms with Gasteiger partial charge in [-0.1, -0.05) is 41.5 Å². The van der Waals surface area contributed by atoms with Crippen molar-refractivity contribution in [2.75, 3.05) is 6.61 Å². The maximum absolute atomic E-state index is 13.0. The Morgan fingerprint density at radius 2 is 1.21 bits per heavy atom. The Balaban J connectivity index is 3.62. The van der Waals surface area contributed by atoms with Gasteiger partial charge in [-0.15, -0.1) is 0 Å². The summed E-state index contributed by atoms with van der Waals surface area (Å²) < 4.78 is 30.3. The van der Waals surface area contributed by atoms with Crippen molar-refractivity contribution in [2.24, 2.45) is 5.92 Å². The first kappa shape index (κ1) is 34.6. The fourth-order valence-electron chi connectivity index (χ4n) is 3.72. The van der Waals surface area contributed by atoms with Crippen molar-refractivity contribution in [1.29, 1.82) is 0 Å². The zero-order valence-electron chi connectivity index (χ0n) is 26.4. The van der Waals surface area contributed by atoms with Crippen molar-refractivity contribution >= 4 is 34.7 Å². The van der Waals surface area contributed by atoms with Crippen LogP contribution in [0.4, 0.5) is 4.79 Å². The van der Waals surface area contributed by atoms with Crippen molar-refractivity contribution in [3.63, 3.8) is 0 Å². The lowest BCUT2D eigenvalue weighted by Crippen LogP contribution is -2.75. The highest BCUT2D eigenvalue weighted by Gasteiger charge is 2.61. The molecular weight excluding hydrogens is 522 g/mol. The molecule has 0 radical (unpaired) electrons. The summed E-state index contributed by atoms with van der Waals surface area (Å²) in [5, 5.41) is 2.79. The van der Waals surface area contributed by atoms with E-state index in [2.05, 4.69) is 73.0 Å². The van der Waals surface area contributed by atoms with E-state index >= 15 is 0 Å². The summed E-state index contributed by atoms with van der Waals surface area (Å²) in [6, 6.07) is -0.589. The first-order chi connectivity index (χ1) is 16.8. The van der Waals surface area contributed by atoms with E-state index in [-0.39, 0.29) is 16.7 Å². The Hall–Kier alpha value is -1.44. The highest BCUT2D eigenvalue weighted by molar-refractivity contribution is 6.74. The normalized spacial score (nSPS) is 23.7. The molecule has 1 saturated carbocycles. The highest BCUT2D eigenvalue weighted by Crippen LogP contribution is 2.48. The van der Waals surface area contributed by atoms with Crippen LogP contribution in [0, 0.1) is 5.92 Å². The lowest BCUT2D eigenvalue weighted by molar-refractivity contribution is -0.188. The highest BCUT2D eigenvalue weighted by atomic mass is 28.4. The average Bonchev–Trinajstić information content (AvgIpc) is 2.65. The summed E-state index contributed by atoms with van der Waals surface area (Å²) in [6.45, 7) is 29.3. The van der Waals surface area contributed by atoms with E-state index in [1.807, 2.05) is 0 Å². The Morgan fingerprint density at radius 3 is 1.58 bits per heavy atom. The maximum Gasteiger partial charge on any atom is 0.407 e. The molecule has 1 aliphatic carbocycles. The number of carbonyl (C=O) groups is 3. The molecule has 0 spiro atoms. The second-order valence-corrected chi connectivity index (χ2v) is 23.9. The van der Waals surface area contributed by atoms with Crippen LogP contribution in [0.2, 0.25) is 36.3 Å². The van der Waals surface area contributed by atoms with E-state index in [0.29, 0.717) is 0 Å². The summed E-state index contributed by atoms with van der Waals surface area (Å²) in [5.41, 5.74) is -0.705. The van der Waals surface area contributed by atoms with Gasteiger partial charge in [-0.05, 0) is 57.0 Å². The molecule has 1 rings (SSSR count). The van der Waals surface area contributed by atoms with Crippen molar-refractivity contribution < 1.29 is 37.4 Å². The molecule has 9 nitrogen and oxygen atoms in total. The Kier molecular flexibility index (Phi) is 10.9. The fraction of sp³-hybridized carbons (Fsp3) is 0.889. The van der Waals surface area contributed by atoms with Crippen molar-refractivity contribution in [3.8, 4) is 0 Å². The molecule has 11 heteroatoms. The molecule has 38 heavy (non-hydrogen) atoms. The minimum atomic E-state index is -2.34. The summed E-state index contributed by atoms with van der Waals surface area (Å²) in [6.07, 6.45) is -2.44. The second-order valence-electron chi connectivity index (χ2n) is 14.4. The Bertz CT molecular complexity index is 855. The predicted molar refractivity (Wildman–Crippen MR) is 153 cm³/mol. The molecule has 0 aliphatic heterocycles. The van der Waals surface area contributed by atoms with Gasteiger partial charge in [-0.2, -0.15) is 0 Å². The molecule has 0 heterocycles. The summed E-state index contributed by atoms with van der Waals surface area (Å²) >= 11 is 0. The standard InChI is InChI=1S/C27H53NO8Si2/c1-17(29)32-16-19(33-18(2)30)20-21(28-24(31)34-25(3,4)5)23(36-38(14,15)27(9,10)11)22(20)35-37(12,13)26(6,7)8/h19-23H,16H2,1-15H3,(H,28,31)/t19-,20+,21-,22+,23+/m1/s1. The van der Waals surface area contributed by atoms with E-state index in [9.17, 15) is 14.4 Å². The monoisotopic (exact) mass is 575 g/mol. The fourth-order valence-corrected chi connectivity index (χ4v) is 6.36. The molecule has 0 aromatic carbocycles. The van der Waals surface area contributed by atoms with Crippen molar-refractivity contribution in [3.05, 3.63) is 0 Å². The minimum Gasteiger partial charge on any atom is -0.462 e. The number of alkyl carbamates (subject to hydrolysis) is 1. The number of ether oxygens (including phenoxy) is 3. The van der Waals surface area contributed by atoms with E-state index < -0.39 is 70.5 Å². The third-order valence-corrected chi connectivity index (χ3v) is 16.8. The number of amides is 1. The molecule has 1 aliphatic rings. The van der Waals surface area contributed by atoms with E-state index in [4.69, 9.17) is 23.1 Å². The molecule has 0 aromatic rings. The van der Waals surface area contributed by atoms with Crippen LogP contribution < -0.4 is 5.32 Å². The smallest absolute Gasteiger partial charge is 0.407 e. The lowest BCUT2D eigenvalue weighted by atomic mass is 9.70. The molecule has 222 valence electrons. The third kappa shape index (κ3) is 9.34. The minimum absolute atomic E-state index is 0.0941. The Morgan fingerprint density at radius 1 is 0.763 bits per heavy atom. The van der Waals surface area contributed by atoms with Crippen LogP contribution in [0.15, 0.2) is 0 Å². The van der Waals surface area contributed by atoms with Gasteiger partial charge in [0.2, 0.25) is 0 Å². The SMILES string of the molecule is CC(=O)OC[C@@H](OC(C)=O)[C@H]1[C@@H](NC(=O)OC(C)(C)C)[C@H](O[Si](C)(C)C(C)(C)C)[C@H]1O[Si](C)(C)C(C)(C)C. The van der Waals surface area contributed by atoms with Gasteiger partial charge in [-0.3, -0.25) is 9.59 Å². The van der Waals surface area contributed by atoms with Crippen LogP contribution in [-0.4, -0.2) is 71.2 Å². The van der Waals surface area contributed by atoms with Gasteiger partial charge in [0.05, 0.1) is 18.2 Å². The second kappa shape index (κ2) is 12.0. The molecule has 0 unspecified atom stereocenters. The molecule has 1 fully saturated rings. The van der Waals surface area contributed by atoms with Crippen LogP contribution in [0.5, 0.6) is 0 Å². The number of esters is 2. The number of hydrogen-bond donors (Lipinski definition) is 1. The van der Waals surface area contributed by atoms with Gasteiger partial charge in [0.1, 0.15) is 18.3 Å². The zero-order chi connectivity index (χ0) is 30.1.